The lowest BCUT2D eigenvalue weighted by Gasteiger charge is -2.38. The number of carbonyl (C=O) groups excluding carboxylic acids is 2. The Hall–Kier alpha value is -2.92. The number of nitrogens with zero attached hydrogens (tertiary/aromatic N) is 2. The van der Waals surface area contributed by atoms with Crippen LogP contribution in [0.2, 0.25) is 0 Å². The average molecular weight is 471 g/mol. The van der Waals surface area contributed by atoms with Gasteiger partial charge in [-0.1, -0.05) is 18.2 Å². The van der Waals surface area contributed by atoms with Gasteiger partial charge in [-0.25, -0.2) is 0 Å². The largest absolute Gasteiger partial charge is 0.416 e. The molecule has 0 spiro atoms. The number of hydrogen-bond donors (Lipinski definition) is 0. The number of fused-ring (bicyclic) bond motifs is 1. The van der Waals surface area contributed by atoms with E-state index in [1.807, 2.05) is 0 Å². The first-order valence-corrected chi connectivity index (χ1v) is 11.9. The molecule has 0 saturated heterocycles. The molecule has 1 aliphatic heterocycles. The van der Waals surface area contributed by atoms with Crippen LogP contribution in [-0.4, -0.2) is 11.7 Å². The Morgan fingerprint density at radius 2 is 1.79 bits per heavy atom. The lowest BCUT2D eigenvalue weighted by molar-refractivity contribution is -0.138. The molecule has 2 aliphatic carbocycles. The molecule has 0 N–H and O–H groups in total. The van der Waals surface area contributed by atoms with Crippen LogP contribution in [0.15, 0.2) is 35.5 Å². The van der Waals surface area contributed by atoms with Crippen molar-refractivity contribution in [3.05, 3.63) is 62.7 Å². The van der Waals surface area contributed by atoms with Crippen LogP contribution in [0.4, 0.5) is 18.2 Å². The summed E-state index contributed by atoms with van der Waals surface area (Å²) >= 11 is 1.42. The Morgan fingerprint density at radius 1 is 1.03 bits per heavy atom. The van der Waals surface area contributed by atoms with Gasteiger partial charge in [-0.2, -0.15) is 18.4 Å². The molecule has 0 unspecified atom stereocenters. The number of carbonyl (C=O) groups is 2. The number of benzene rings is 1. The molecule has 0 saturated carbocycles. The Morgan fingerprint density at radius 3 is 2.55 bits per heavy atom. The van der Waals surface area contributed by atoms with Crippen molar-refractivity contribution in [3.63, 3.8) is 0 Å². The van der Waals surface area contributed by atoms with E-state index in [-0.39, 0.29) is 30.1 Å². The van der Waals surface area contributed by atoms with E-state index in [9.17, 15) is 28.0 Å². The van der Waals surface area contributed by atoms with Crippen molar-refractivity contribution in [1.29, 1.82) is 5.26 Å². The molecule has 0 fully saturated rings. The number of hydrogen-bond acceptors (Lipinski definition) is 4. The molecule has 0 radical (unpaired) electrons. The monoisotopic (exact) mass is 470 g/mol. The van der Waals surface area contributed by atoms with Gasteiger partial charge in [0.25, 0.3) is 0 Å². The fourth-order valence-corrected chi connectivity index (χ4v) is 6.76. The van der Waals surface area contributed by atoms with Crippen molar-refractivity contribution in [2.45, 2.75) is 63.5 Å². The summed E-state index contributed by atoms with van der Waals surface area (Å²) in [7, 11) is 0. The Kier molecular flexibility index (Phi) is 5.40. The highest BCUT2D eigenvalue weighted by atomic mass is 32.1. The summed E-state index contributed by atoms with van der Waals surface area (Å²) in [5.74, 6) is -1.51. The summed E-state index contributed by atoms with van der Waals surface area (Å²) in [6, 6.07) is 7.46. The van der Waals surface area contributed by atoms with Crippen molar-refractivity contribution in [2.24, 2.45) is 0 Å². The van der Waals surface area contributed by atoms with Gasteiger partial charge >= 0.3 is 6.18 Å². The molecule has 5 rings (SSSR count). The maximum Gasteiger partial charge on any atom is 0.416 e. The molecule has 2 heterocycles. The first kappa shape index (κ1) is 21.9. The third-order valence-corrected chi connectivity index (χ3v) is 8.06. The minimum atomic E-state index is -4.59. The lowest BCUT2D eigenvalue weighted by atomic mass is 9.76. The highest BCUT2D eigenvalue weighted by Gasteiger charge is 2.44. The minimum absolute atomic E-state index is 0.0354. The van der Waals surface area contributed by atoms with Gasteiger partial charge < -0.3 is 0 Å². The second-order valence-electron chi connectivity index (χ2n) is 8.71. The molecule has 2 aromatic rings. The molecule has 1 amide bonds. The van der Waals surface area contributed by atoms with Crippen LogP contribution in [0.1, 0.15) is 71.6 Å². The number of Topliss-reactive ketones (excluding diaryl/α,β-unsaturated/α-hetero) is 1. The van der Waals surface area contributed by atoms with E-state index in [0.717, 1.165) is 42.2 Å². The van der Waals surface area contributed by atoms with Crippen LogP contribution in [0, 0.1) is 11.3 Å². The average Bonchev–Trinajstić information content (AvgIpc) is 3.16. The van der Waals surface area contributed by atoms with Gasteiger partial charge in [0.2, 0.25) is 5.91 Å². The van der Waals surface area contributed by atoms with Crippen LogP contribution in [0.5, 0.6) is 0 Å². The third kappa shape index (κ3) is 3.59. The minimum Gasteiger partial charge on any atom is -0.294 e. The predicted octanol–water partition coefficient (Wildman–Crippen LogP) is 6.04. The lowest BCUT2D eigenvalue weighted by Crippen LogP contribution is -2.41. The number of ketones is 1. The molecule has 0 bridgehead atoms. The number of rotatable bonds is 2. The normalized spacial score (nSPS) is 21.0. The zero-order chi connectivity index (χ0) is 23.3. The van der Waals surface area contributed by atoms with E-state index in [1.165, 1.54) is 34.4 Å². The van der Waals surface area contributed by atoms with Gasteiger partial charge in [0.15, 0.2) is 5.78 Å². The summed E-state index contributed by atoms with van der Waals surface area (Å²) in [5, 5.41) is 10.4. The van der Waals surface area contributed by atoms with Gasteiger partial charge in [-0.15, -0.1) is 11.3 Å². The van der Waals surface area contributed by atoms with Gasteiger partial charge in [0.05, 0.1) is 11.1 Å². The van der Waals surface area contributed by atoms with Crippen molar-refractivity contribution >= 4 is 28.0 Å². The zero-order valence-electron chi connectivity index (χ0n) is 17.8. The van der Waals surface area contributed by atoms with Gasteiger partial charge in [0.1, 0.15) is 11.1 Å². The quantitative estimate of drug-likeness (QED) is 0.537. The first-order valence-electron chi connectivity index (χ1n) is 11.1. The molecular weight excluding hydrogens is 449 g/mol. The summed E-state index contributed by atoms with van der Waals surface area (Å²) in [6.07, 6.45) is 0.0149. The molecular formula is C25H21F3N2O2S. The van der Waals surface area contributed by atoms with Crippen molar-refractivity contribution in [3.8, 4) is 6.07 Å². The summed E-state index contributed by atoms with van der Waals surface area (Å²) in [4.78, 5) is 29.1. The van der Waals surface area contributed by atoms with Crippen LogP contribution >= 0.6 is 11.3 Å². The Labute approximate surface area is 193 Å². The van der Waals surface area contributed by atoms with Crippen molar-refractivity contribution in [1.82, 2.24) is 0 Å². The molecule has 8 heteroatoms. The Bertz CT molecular complexity index is 1240. The maximum absolute atomic E-state index is 13.8. The van der Waals surface area contributed by atoms with E-state index in [0.29, 0.717) is 34.7 Å². The SMILES string of the molecule is N#Cc1c(N2C(=O)C[C@H](c3ccccc3C(F)(F)F)C3=C2CCCC3=O)sc2c1CCCC2. The highest BCUT2D eigenvalue weighted by molar-refractivity contribution is 7.16. The van der Waals surface area contributed by atoms with Crippen LogP contribution < -0.4 is 4.90 Å². The smallest absolute Gasteiger partial charge is 0.294 e. The first-order chi connectivity index (χ1) is 15.8. The molecule has 4 nitrogen and oxygen atoms in total. The predicted molar refractivity (Wildman–Crippen MR) is 118 cm³/mol. The van der Waals surface area contributed by atoms with Crippen molar-refractivity contribution < 1.29 is 22.8 Å². The van der Waals surface area contributed by atoms with Crippen LogP contribution in [0.25, 0.3) is 0 Å². The third-order valence-electron chi connectivity index (χ3n) is 6.78. The fraction of sp³-hybridized carbons (Fsp3) is 0.400. The summed E-state index contributed by atoms with van der Waals surface area (Å²) in [5.41, 5.74) is 1.37. The van der Waals surface area contributed by atoms with E-state index in [1.54, 1.807) is 0 Å². The fourth-order valence-electron chi connectivity index (χ4n) is 5.38. The maximum atomic E-state index is 13.8. The number of nitriles is 1. The van der Waals surface area contributed by atoms with Gasteiger partial charge in [-0.3, -0.25) is 14.5 Å². The number of halogens is 3. The van der Waals surface area contributed by atoms with E-state index < -0.39 is 17.7 Å². The highest BCUT2D eigenvalue weighted by Crippen LogP contribution is 2.49. The molecule has 1 aromatic carbocycles. The molecule has 170 valence electrons. The standard InChI is InChI=1S/C25H21F3N2O2S/c26-25(27,28)18-8-3-1-6-14(18)16-12-22(32)30(19-9-5-10-20(31)23(16)19)24-17(13-29)15-7-2-4-11-21(15)33-24/h1,3,6,8,16H,2,4-5,7,9-12H2/t16-/m1/s1. The molecule has 1 aromatic heterocycles. The second-order valence-corrected chi connectivity index (χ2v) is 9.79. The van der Waals surface area contributed by atoms with Crippen LogP contribution in [-0.2, 0) is 28.6 Å². The summed E-state index contributed by atoms with van der Waals surface area (Å²) in [6.45, 7) is 0. The molecule has 1 atom stereocenters. The number of thiophene rings is 1. The summed E-state index contributed by atoms with van der Waals surface area (Å²) < 4.78 is 41.3. The molecule has 33 heavy (non-hydrogen) atoms. The Balaban J connectivity index is 1.70. The number of anilines is 1. The van der Waals surface area contributed by atoms with E-state index in [2.05, 4.69) is 6.07 Å². The second kappa shape index (κ2) is 8.14. The molecule has 3 aliphatic rings. The zero-order valence-corrected chi connectivity index (χ0v) is 18.6. The number of aryl methyl sites for hydroxylation is 1. The van der Waals surface area contributed by atoms with E-state index >= 15 is 0 Å². The van der Waals surface area contributed by atoms with Gasteiger partial charge in [0, 0.05) is 34.9 Å². The number of allylic oxidation sites excluding steroid dienone is 2. The topological polar surface area (TPSA) is 61.2 Å². The van der Waals surface area contributed by atoms with Gasteiger partial charge in [-0.05, 0) is 55.7 Å². The number of amides is 1. The number of alkyl halides is 3. The van der Waals surface area contributed by atoms with E-state index in [4.69, 9.17) is 0 Å². The van der Waals surface area contributed by atoms with Crippen molar-refractivity contribution in [2.75, 3.05) is 4.90 Å². The van der Waals surface area contributed by atoms with Crippen LogP contribution in [0.3, 0.4) is 0 Å².